The van der Waals surface area contributed by atoms with E-state index in [9.17, 15) is 9.90 Å². The normalized spacial score (nSPS) is 22.1. The van der Waals surface area contributed by atoms with Crippen LogP contribution >= 0.6 is 0 Å². The van der Waals surface area contributed by atoms with E-state index in [-0.39, 0.29) is 5.78 Å². The molecular formula is C30H29NO2. The highest BCUT2D eigenvalue weighted by atomic mass is 16.3. The van der Waals surface area contributed by atoms with Crippen molar-refractivity contribution in [3.8, 4) is 11.3 Å². The number of hydrogen-bond acceptors (Lipinski definition) is 3. The van der Waals surface area contributed by atoms with Crippen LogP contribution < -0.4 is 0 Å². The monoisotopic (exact) mass is 435 g/mol. The first-order valence-electron chi connectivity index (χ1n) is 11.8. The molecule has 0 spiro atoms. The quantitative estimate of drug-likeness (QED) is 0.357. The Hall–Kier alpha value is -3.30. The van der Waals surface area contributed by atoms with Gasteiger partial charge >= 0.3 is 0 Å². The third-order valence-corrected chi connectivity index (χ3v) is 7.05. The number of carbonyl (C=O) groups excluding carboxylic acids is 1. The molecule has 3 nitrogen and oxygen atoms in total. The number of ketones is 1. The summed E-state index contributed by atoms with van der Waals surface area (Å²) in [6, 6.07) is 30.1. The maximum atomic E-state index is 13.8. The zero-order valence-electron chi connectivity index (χ0n) is 19.0. The van der Waals surface area contributed by atoms with Gasteiger partial charge in [0, 0.05) is 17.4 Å². The molecule has 1 saturated carbocycles. The van der Waals surface area contributed by atoms with Crippen LogP contribution in [0.4, 0.5) is 0 Å². The molecule has 1 aliphatic carbocycles. The Kier molecular flexibility index (Phi) is 5.59. The van der Waals surface area contributed by atoms with Crippen molar-refractivity contribution in [2.75, 3.05) is 0 Å². The number of carbonyl (C=O) groups is 1. The van der Waals surface area contributed by atoms with Crippen LogP contribution in [0.3, 0.4) is 0 Å². The SMILES string of the molecule is CCCCC(=O)C1(c2nc(-c3ccccc3)cc3ccccc23)CC(O)(c2ccccc2)C1. The number of hydrogen-bond donors (Lipinski definition) is 1. The number of unbranched alkanes of at least 4 members (excludes halogenated alkanes) is 1. The number of pyridine rings is 1. The molecule has 1 N–H and O–H groups in total. The lowest BCUT2D eigenvalue weighted by molar-refractivity contribution is -0.148. The van der Waals surface area contributed by atoms with Gasteiger partial charge in [-0.1, -0.05) is 98.3 Å². The van der Waals surface area contributed by atoms with Gasteiger partial charge in [0.05, 0.1) is 22.4 Å². The largest absolute Gasteiger partial charge is 0.385 e. The van der Waals surface area contributed by atoms with Gasteiger partial charge in [0.2, 0.25) is 0 Å². The molecule has 3 aromatic carbocycles. The maximum Gasteiger partial charge on any atom is 0.145 e. The van der Waals surface area contributed by atoms with Gasteiger partial charge in [-0.3, -0.25) is 9.78 Å². The number of benzene rings is 3. The summed E-state index contributed by atoms with van der Waals surface area (Å²) in [6.07, 6.45) is 3.04. The van der Waals surface area contributed by atoms with E-state index in [1.54, 1.807) is 0 Å². The first-order valence-corrected chi connectivity index (χ1v) is 11.8. The van der Waals surface area contributed by atoms with Gasteiger partial charge in [-0.2, -0.15) is 0 Å². The van der Waals surface area contributed by atoms with Crippen molar-refractivity contribution < 1.29 is 9.90 Å². The standard InChI is InChI=1S/C30H29NO2/c1-2-3-18-27(32)29(20-30(33,21-29)24-15-8-5-9-16-24)28-25-17-11-10-14-23(25)19-26(31-28)22-12-6-4-7-13-22/h4-17,19,33H,2-3,18,20-21H2,1H3. The number of aliphatic hydroxyl groups is 1. The summed E-state index contributed by atoms with van der Waals surface area (Å²) in [7, 11) is 0. The summed E-state index contributed by atoms with van der Waals surface area (Å²) in [5.41, 5.74) is 1.76. The smallest absolute Gasteiger partial charge is 0.145 e. The van der Waals surface area contributed by atoms with Crippen LogP contribution in [-0.2, 0) is 15.8 Å². The minimum absolute atomic E-state index is 0.188. The van der Waals surface area contributed by atoms with Crippen LogP contribution in [0.2, 0.25) is 0 Å². The predicted octanol–water partition coefficient (Wildman–Crippen LogP) is 6.58. The Bertz CT molecular complexity index is 1270. The van der Waals surface area contributed by atoms with Gasteiger partial charge in [-0.05, 0) is 36.3 Å². The van der Waals surface area contributed by atoms with Crippen molar-refractivity contribution >= 4 is 16.6 Å². The van der Waals surface area contributed by atoms with E-state index in [4.69, 9.17) is 4.98 Å². The molecule has 3 heteroatoms. The van der Waals surface area contributed by atoms with Gasteiger partial charge in [0.15, 0.2) is 0 Å². The number of fused-ring (bicyclic) bond motifs is 1. The maximum absolute atomic E-state index is 13.8. The first-order chi connectivity index (χ1) is 16.1. The van der Waals surface area contributed by atoms with Crippen LogP contribution in [0.1, 0.15) is 50.3 Å². The van der Waals surface area contributed by atoms with Crippen molar-refractivity contribution in [3.63, 3.8) is 0 Å². The Balaban J connectivity index is 1.67. The van der Waals surface area contributed by atoms with Crippen molar-refractivity contribution in [3.05, 3.63) is 102 Å². The lowest BCUT2D eigenvalue weighted by atomic mass is 9.52. The number of aromatic nitrogens is 1. The van der Waals surface area contributed by atoms with Gasteiger partial charge in [-0.25, -0.2) is 0 Å². The van der Waals surface area contributed by atoms with Gasteiger partial charge < -0.3 is 5.11 Å². The summed E-state index contributed by atoms with van der Waals surface area (Å²) in [5.74, 6) is 0.188. The molecule has 0 radical (unpaired) electrons. The van der Waals surface area contributed by atoms with E-state index in [1.807, 2.05) is 72.8 Å². The average Bonchev–Trinajstić information content (AvgIpc) is 2.85. The first kappa shape index (κ1) is 21.5. The van der Waals surface area contributed by atoms with Crippen LogP contribution in [0.25, 0.3) is 22.0 Å². The molecule has 1 fully saturated rings. The molecule has 1 aromatic heterocycles. The molecule has 0 amide bonds. The predicted molar refractivity (Wildman–Crippen MR) is 133 cm³/mol. The fourth-order valence-electron chi connectivity index (χ4n) is 5.29. The van der Waals surface area contributed by atoms with Gasteiger partial charge in [0.1, 0.15) is 5.78 Å². The molecule has 0 bridgehead atoms. The molecule has 1 aliphatic rings. The summed E-state index contributed by atoms with van der Waals surface area (Å²) < 4.78 is 0. The molecule has 5 rings (SSSR count). The number of Topliss-reactive ketones (excluding diaryl/α,β-unsaturated/α-hetero) is 1. The van der Waals surface area contributed by atoms with Crippen LogP contribution in [-0.4, -0.2) is 15.9 Å². The molecule has 166 valence electrons. The fourth-order valence-corrected chi connectivity index (χ4v) is 5.29. The highest BCUT2D eigenvalue weighted by molar-refractivity contribution is 5.98. The Morgan fingerprint density at radius 2 is 1.55 bits per heavy atom. The Morgan fingerprint density at radius 3 is 2.24 bits per heavy atom. The van der Waals surface area contributed by atoms with E-state index >= 15 is 0 Å². The Labute approximate surface area is 195 Å². The van der Waals surface area contributed by atoms with Crippen molar-refractivity contribution in [2.45, 2.75) is 50.0 Å². The van der Waals surface area contributed by atoms with Crippen LogP contribution in [0.15, 0.2) is 91.0 Å². The molecular weight excluding hydrogens is 406 g/mol. The van der Waals surface area contributed by atoms with E-state index in [2.05, 4.69) is 25.1 Å². The number of nitrogens with zero attached hydrogens (tertiary/aromatic N) is 1. The zero-order valence-corrected chi connectivity index (χ0v) is 19.0. The summed E-state index contributed by atoms with van der Waals surface area (Å²) >= 11 is 0. The molecule has 1 heterocycles. The van der Waals surface area contributed by atoms with E-state index in [0.717, 1.165) is 46.1 Å². The average molecular weight is 436 g/mol. The second-order valence-electron chi connectivity index (χ2n) is 9.30. The van der Waals surface area contributed by atoms with Crippen LogP contribution in [0.5, 0.6) is 0 Å². The van der Waals surface area contributed by atoms with Crippen molar-refractivity contribution in [1.29, 1.82) is 0 Å². The topological polar surface area (TPSA) is 50.2 Å². The second-order valence-corrected chi connectivity index (χ2v) is 9.30. The lowest BCUT2D eigenvalue weighted by Crippen LogP contribution is -2.57. The fraction of sp³-hybridized carbons (Fsp3) is 0.267. The molecule has 4 aromatic rings. The van der Waals surface area contributed by atoms with Gasteiger partial charge in [-0.15, -0.1) is 0 Å². The third-order valence-electron chi connectivity index (χ3n) is 7.05. The molecule has 0 aliphatic heterocycles. The van der Waals surface area contributed by atoms with E-state index in [0.29, 0.717) is 19.3 Å². The van der Waals surface area contributed by atoms with Crippen molar-refractivity contribution in [2.24, 2.45) is 0 Å². The van der Waals surface area contributed by atoms with E-state index in [1.165, 1.54) is 0 Å². The lowest BCUT2D eigenvalue weighted by Gasteiger charge is -2.52. The number of rotatable bonds is 7. The zero-order chi connectivity index (χ0) is 22.9. The van der Waals surface area contributed by atoms with E-state index < -0.39 is 11.0 Å². The Morgan fingerprint density at radius 1 is 0.909 bits per heavy atom. The second kappa shape index (κ2) is 8.57. The highest BCUT2D eigenvalue weighted by Crippen LogP contribution is 2.57. The summed E-state index contributed by atoms with van der Waals surface area (Å²) in [4.78, 5) is 18.9. The van der Waals surface area contributed by atoms with Gasteiger partial charge in [0.25, 0.3) is 0 Å². The minimum Gasteiger partial charge on any atom is -0.385 e. The molecule has 33 heavy (non-hydrogen) atoms. The third kappa shape index (κ3) is 3.77. The van der Waals surface area contributed by atoms with Crippen molar-refractivity contribution in [1.82, 2.24) is 4.98 Å². The minimum atomic E-state index is -1.02. The highest BCUT2D eigenvalue weighted by Gasteiger charge is 2.60. The molecule has 0 unspecified atom stereocenters. The van der Waals surface area contributed by atoms with Crippen LogP contribution in [0, 0.1) is 0 Å². The molecule has 0 saturated heterocycles. The molecule has 0 atom stereocenters. The summed E-state index contributed by atoms with van der Waals surface area (Å²) in [5, 5.41) is 13.6. The summed E-state index contributed by atoms with van der Waals surface area (Å²) in [6.45, 7) is 2.10.